The largest absolute Gasteiger partial charge is 2.00 e. The molecule has 0 aromatic rings. The number of hydrogen-bond donors (Lipinski definition) is 4. The third-order valence-electron chi connectivity index (χ3n) is 1.34. The molecule has 0 bridgehead atoms. The molecule has 14 heavy (non-hydrogen) atoms. The van der Waals surface area contributed by atoms with Gasteiger partial charge in [0.15, 0.2) is 0 Å². The van der Waals surface area contributed by atoms with Crippen molar-refractivity contribution in [2.75, 3.05) is 26.4 Å². The van der Waals surface area contributed by atoms with Crippen molar-refractivity contribution in [1.29, 1.82) is 0 Å². The van der Waals surface area contributed by atoms with Crippen molar-refractivity contribution in [3.05, 3.63) is 0 Å². The normalized spacial score (nSPS) is 9.43. The van der Waals surface area contributed by atoms with Crippen LogP contribution in [0.15, 0.2) is 0 Å². The minimum absolute atomic E-state index is 0. The van der Waals surface area contributed by atoms with Crippen LogP contribution in [0, 0.1) is 5.41 Å². The van der Waals surface area contributed by atoms with Crippen LogP contribution in [0.5, 0.6) is 0 Å². The number of rotatable bonds is 4. The maximum atomic E-state index is 8.50. The Hall–Kier alpha value is 0.370. The van der Waals surface area contributed by atoms with Gasteiger partial charge in [-0.25, -0.2) is 0 Å². The zero-order chi connectivity index (χ0) is 10.9. The van der Waals surface area contributed by atoms with Crippen molar-refractivity contribution >= 4 is 43.9 Å². The Morgan fingerprint density at radius 2 is 1.07 bits per heavy atom. The quantitative estimate of drug-likeness (QED) is 0.358. The standard InChI is InChI=1S/C5H12O4.CH2O3.Ca/c6-1-5(2-7,3-8)4-9;2-1(3)4;/h6-9H,1-4H2;(H2,2,3,4);/q;;+2/p-2. The maximum Gasteiger partial charge on any atom is 2.00 e. The topological polar surface area (TPSA) is 144 Å². The van der Waals surface area contributed by atoms with Crippen LogP contribution in [-0.4, -0.2) is 90.7 Å². The summed E-state index contributed by atoms with van der Waals surface area (Å²) < 4.78 is 0. The summed E-state index contributed by atoms with van der Waals surface area (Å²) in [6.07, 6.45) is -2.33. The van der Waals surface area contributed by atoms with Gasteiger partial charge in [0.25, 0.3) is 0 Å². The first-order valence-electron chi connectivity index (χ1n) is 3.29. The Labute approximate surface area is 111 Å². The fraction of sp³-hybridized carbons (Fsp3) is 0.833. The van der Waals surface area contributed by atoms with E-state index in [0.717, 1.165) is 0 Å². The van der Waals surface area contributed by atoms with Gasteiger partial charge in [-0.2, -0.15) is 0 Å². The summed E-state index contributed by atoms with van der Waals surface area (Å²) in [5, 5.41) is 50.7. The van der Waals surface area contributed by atoms with Crippen molar-refractivity contribution < 1.29 is 35.4 Å². The minimum Gasteiger partial charge on any atom is -0.652 e. The second kappa shape index (κ2) is 11.4. The second-order valence-corrected chi connectivity index (χ2v) is 2.38. The van der Waals surface area contributed by atoms with Crippen LogP contribution in [0.2, 0.25) is 0 Å². The SMILES string of the molecule is O=C([O-])[O-].OCC(CO)(CO)CO.[Ca+2]. The maximum absolute atomic E-state index is 8.50. The minimum atomic E-state index is -2.33. The van der Waals surface area contributed by atoms with Crippen LogP contribution >= 0.6 is 0 Å². The van der Waals surface area contributed by atoms with Crippen molar-refractivity contribution in [2.45, 2.75) is 0 Å². The molecule has 0 aromatic carbocycles. The van der Waals surface area contributed by atoms with E-state index in [1.807, 2.05) is 0 Å². The molecule has 0 aromatic heterocycles. The van der Waals surface area contributed by atoms with E-state index in [1.54, 1.807) is 0 Å². The molecule has 0 rings (SSSR count). The van der Waals surface area contributed by atoms with Crippen LogP contribution < -0.4 is 10.2 Å². The van der Waals surface area contributed by atoms with Gasteiger partial charge in [-0.3, -0.25) is 0 Å². The zero-order valence-electron chi connectivity index (χ0n) is 7.55. The third kappa shape index (κ3) is 10.5. The Kier molecular flexibility index (Phi) is 16.2. The molecule has 0 heterocycles. The molecule has 0 aliphatic carbocycles. The van der Waals surface area contributed by atoms with E-state index in [9.17, 15) is 0 Å². The van der Waals surface area contributed by atoms with Gasteiger partial charge in [0.1, 0.15) is 0 Å². The van der Waals surface area contributed by atoms with Crippen LogP contribution in [0.1, 0.15) is 0 Å². The second-order valence-electron chi connectivity index (χ2n) is 2.38. The van der Waals surface area contributed by atoms with E-state index in [4.69, 9.17) is 35.4 Å². The number of carbonyl (C=O) groups excluding carboxylic acids is 1. The van der Waals surface area contributed by atoms with Crippen molar-refractivity contribution in [3.63, 3.8) is 0 Å². The smallest absolute Gasteiger partial charge is 0.652 e. The van der Waals surface area contributed by atoms with Gasteiger partial charge in [0.05, 0.1) is 31.8 Å². The molecule has 0 radical (unpaired) electrons. The average Bonchev–Trinajstić information content (AvgIpc) is 2.09. The Morgan fingerprint density at radius 3 is 1.07 bits per heavy atom. The zero-order valence-corrected chi connectivity index (χ0v) is 9.76. The van der Waals surface area contributed by atoms with E-state index >= 15 is 0 Å². The van der Waals surface area contributed by atoms with E-state index in [2.05, 4.69) is 0 Å². The van der Waals surface area contributed by atoms with Crippen molar-refractivity contribution in [1.82, 2.24) is 0 Å². The molecule has 0 amide bonds. The molecular weight excluding hydrogens is 224 g/mol. The number of carbonyl (C=O) groups is 1. The molecule has 0 aliphatic heterocycles. The van der Waals surface area contributed by atoms with Gasteiger partial charge in [-0.1, -0.05) is 0 Å². The van der Waals surface area contributed by atoms with Gasteiger partial charge in [0, 0.05) is 0 Å². The summed E-state index contributed by atoms with van der Waals surface area (Å²) in [7, 11) is 0. The van der Waals surface area contributed by atoms with Crippen LogP contribution in [0.4, 0.5) is 4.79 Å². The molecule has 0 atom stereocenters. The Morgan fingerprint density at radius 1 is 0.929 bits per heavy atom. The first kappa shape index (κ1) is 19.9. The first-order valence-corrected chi connectivity index (χ1v) is 3.29. The van der Waals surface area contributed by atoms with Crippen LogP contribution in [-0.2, 0) is 0 Å². The summed E-state index contributed by atoms with van der Waals surface area (Å²) in [4.78, 5) is 8.33. The number of carboxylic acid groups (broad SMARTS) is 2. The van der Waals surface area contributed by atoms with Gasteiger partial charge in [-0.05, 0) is 6.16 Å². The van der Waals surface area contributed by atoms with Crippen LogP contribution in [0.3, 0.4) is 0 Å². The molecule has 0 saturated heterocycles. The van der Waals surface area contributed by atoms with Gasteiger partial charge < -0.3 is 35.4 Å². The molecule has 0 spiro atoms. The Balaban J connectivity index is -0.000000209. The number of aliphatic hydroxyl groups excluding tert-OH is 4. The molecule has 0 unspecified atom stereocenters. The Bertz CT molecular complexity index is 115. The van der Waals surface area contributed by atoms with E-state index in [0.29, 0.717) is 0 Å². The van der Waals surface area contributed by atoms with E-state index in [1.165, 1.54) is 0 Å². The number of aliphatic hydroxyl groups is 4. The van der Waals surface area contributed by atoms with Crippen molar-refractivity contribution in [3.8, 4) is 0 Å². The summed E-state index contributed by atoms with van der Waals surface area (Å²) >= 11 is 0. The van der Waals surface area contributed by atoms with Crippen LogP contribution in [0.25, 0.3) is 0 Å². The summed E-state index contributed by atoms with van der Waals surface area (Å²) in [6, 6.07) is 0. The monoisotopic (exact) mass is 236 g/mol. The fourth-order valence-corrected chi connectivity index (χ4v) is 0.300. The fourth-order valence-electron chi connectivity index (χ4n) is 0.300. The first-order chi connectivity index (χ1) is 5.97. The summed E-state index contributed by atoms with van der Waals surface area (Å²) in [6.45, 7) is -1.62. The van der Waals surface area contributed by atoms with E-state index in [-0.39, 0.29) is 37.7 Å². The van der Waals surface area contributed by atoms with Crippen molar-refractivity contribution in [2.24, 2.45) is 5.41 Å². The predicted molar refractivity (Wildman–Crippen MR) is 41.9 cm³/mol. The summed E-state index contributed by atoms with van der Waals surface area (Å²) in [5.74, 6) is 0. The molecule has 80 valence electrons. The molecule has 0 fully saturated rings. The molecule has 0 aliphatic rings. The number of hydrogen-bond acceptors (Lipinski definition) is 7. The molecule has 0 saturated carbocycles. The molecule has 8 heteroatoms. The van der Waals surface area contributed by atoms with Gasteiger partial charge >= 0.3 is 37.7 Å². The molecule has 4 N–H and O–H groups in total. The third-order valence-corrected chi connectivity index (χ3v) is 1.34. The van der Waals surface area contributed by atoms with Gasteiger partial charge in [0.2, 0.25) is 0 Å². The average molecular weight is 236 g/mol. The predicted octanol–water partition coefficient (Wildman–Crippen LogP) is -4.89. The van der Waals surface area contributed by atoms with E-state index < -0.39 is 38.0 Å². The van der Waals surface area contributed by atoms with Gasteiger partial charge in [-0.15, -0.1) is 0 Å². The molecular formula is C6H12CaO7. The molecule has 7 nitrogen and oxygen atoms in total. The summed E-state index contributed by atoms with van der Waals surface area (Å²) in [5.41, 5.74) is -1.11.